The first-order valence-corrected chi connectivity index (χ1v) is 8.72. The maximum absolute atomic E-state index is 12.4. The van der Waals surface area contributed by atoms with Crippen LogP contribution in [0.2, 0.25) is 5.02 Å². The SMILES string of the molecule is CC(Nc1ccc2c3c(cccc13)CC2)C(=O)Nc1ccc(Cl)cn1. The molecule has 0 fully saturated rings. The molecule has 0 saturated carbocycles. The minimum Gasteiger partial charge on any atom is -0.373 e. The zero-order valence-electron chi connectivity index (χ0n) is 13.8. The number of rotatable bonds is 4. The van der Waals surface area contributed by atoms with Crippen LogP contribution in [0.25, 0.3) is 10.8 Å². The van der Waals surface area contributed by atoms with E-state index in [0.717, 1.165) is 18.5 Å². The number of aryl methyl sites for hydroxylation is 2. The lowest BCUT2D eigenvalue weighted by Gasteiger charge is -2.17. The van der Waals surface area contributed by atoms with Crippen LogP contribution in [0.1, 0.15) is 18.1 Å². The highest BCUT2D eigenvalue weighted by molar-refractivity contribution is 6.30. The number of amides is 1. The zero-order chi connectivity index (χ0) is 17.4. The fraction of sp³-hybridized carbons (Fsp3) is 0.200. The molecule has 1 atom stereocenters. The molecule has 1 aromatic heterocycles. The van der Waals surface area contributed by atoms with Gasteiger partial charge < -0.3 is 10.6 Å². The molecule has 0 saturated heterocycles. The van der Waals surface area contributed by atoms with Crippen molar-refractivity contribution in [3.05, 3.63) is 64.8 Å². The molecule has 1 unspecified atom stereocenters. The Balaban J connectivity index is 1.55. The third-order valence-corrected chi connectivity index (χ3v) is 4.84. The summed E-state index contributed by atoms with van der Waals surface area (Å²) in [6.45, 7) is 1.84. The summed E-state index contributed by atoms with van der Waals surface area (Å²) in [5.74, 6) is 0.349. The van der Waals surface area contributed by atoms with Gasteiger partial charge in [0.15, 0.2) is 0 Å². The lowest BCUT2D eigenvalue weighted by Crippen LogP contribution is -2.32. The van der Waals surface area contributed by atoms with E-state index in [1.165, 1.54) is 28.1 Å². The van der Waals surface area contributed by atoms with E-state index in [4.69, 9.17) is 11.6 Å². The summed E-state index contributed by atoms with van der Waals surface area (Å²) < 4.78 is 0. The van der Waals surface area contributed by atoms with Crippen LogP contribution in [0, 0.1) is 0 Å². The van der Waals surface area contributed by atoms with Gasteiger partial charge in [0.1, 0.15) is 11.9 Å². The van der Waals surface area contributed by atoms with Crippen LogP contribution in [0.4, 0.5) is 11.5 Å². The Hall–Kier alpha value is -2.59. The van der Waals surface area contributed by atoms with Gasteiger partial charge in [0, 0.05) is 17.3 Å². The van der Waals surface area contributed by atoms with Crippen molar-refractivity contribution in [3.8, 4) is 0 Å². The van der Waals surface area contributed by atoms with Crippen LogP contribution >= 0.6 is 11.6 Å². The van der Waals surface area contributed by atoms with Crippen molar-refractivity contribution in [3.63, 3.8) is 0 Å². The fourth-order valence-corrected chi connectivity index (χ4v) is 3.47. The van der Waals surface area contributed by atoms with Gasteiger partial charge in [0.2, 0.25) is 5.91 Å². The Morgan fingerprint density at radius 2 is 1.92 bits per heavy atom. The Labute approximate surface area is 151 Å². The summed E-state index contributed by atoms with van der Waals surface area (Å²) in [4.78, 5) is 16.5. The van der Waals surface area contributed by atoms with E-state index in [2.05, 4.69) is 45.9 Å². The number of carbonyl (C=O) groups is 1. The maximum Gasteiger partial charge on any atom is 0.247 e. The van der Waals surface area contributed by atoms with Gasteiger partial charge in [0.25, 0.3) is 0 Å². The van der Waals surface area contributed by atoms with Gasteiger partial charge in [-0.05, 0) is 54.5 Å². The molecule has 0 spiro atoms. The van der Waals surface area contributed by atoms with Gasteiger partial charge in [-0.3, -0.25) is 4.79 Å². The Bertz CT molecular complexity index is 943. The van der Waals surface area contributed by atoms with Crippen molar-refractivity contribution >= 4 is 39.8 Å². The third kappa shape index (κ3) is 3.05. The highest BCUT2D eigenvalue weighted by Gasteiger charge is 2.18. The van der Waals surface area contributed by atoms with Crippen molar-refractivity contribution in [1.29, 1.82) is 0 Å². The molecule has 4 rings (SSSR count). The van der Waals surface area contributed by atoms with Crippen molar-refractivity contribution < 1.29 is 4.79 Å². The zero-order valence-corrected chi connectivity index (χ0v) is 14.6. The highest BCUT2D eigenvalue weighted by Crippen LogP contribution is 2.35. The molecule has 2 N–H and O–H groups in total. The predicted octanol–water partition coefficient (Wildman–Crippen LogP) is 4.43. The van der Waals surface area contributed by atoms with Crippen LogP contribution in [0.15, 0.2) is 48.7 Å². The van der Waals surface area contributed by atoms with E-state index in [1.54, 1.807) is 12.1 Å². The molecular formula is C20H18ClN3O. The molecule has 1 aliphatic rings. The predicted molar refractivity (Wildman–Crippen MR) is 102 cm³/mol. The summed E-state index contributed by atoms with van der Waals surface area (Å²) in [5, 5.41) is 9.18. The standard InChI is InChI=1S/C20H18ClN3O/c1-12(20(25)24-18-10-8-15(21)11-22-18)23-17-9-7-14-6-5-13-3-2-4-16(17)19(13)14/h2-4,7-12,23H,5-6H2,1H3,(H,22,24,25). The number of pyridine rings is 1. The lowest BCUT2D eigenvalue weighted by atomic mass is 10.0. The molecule has 1 amide bonds. The van der Waals surface area contributed by atoms with Crippen LogP contribution in [-0.2, 0) is 17.6 Å². The summed E-state index contributed by atoms with van der Waals surface area (Å²) >= 11 is 5.82. The summed E-state index contributed by atoms with van der Waals surface area (Å²) in [7, 11) is 0. The highest BCUT2D eigenvalue weighted by atomic mass is 35.5. The number of hydrogen-bond acceptors (Lipinski definition) is 3. The second kappa shape index (κ2) is 6.37. The van der Waals surface area contributed by atoms with E-state index >= 15 is 0 Å². The van der Waals surface area contributed by atoms with Gasteiger partial charge in [-0.1, -0.05) is 35.9 Å². The largest absolute Gasteiger partial charge is 0.373 e. The molecule has 2 aromatic carbocycles. The summed E-state index contributed by atoms with van der Waals surface area (Å²) in [6.07, 6.45) is 3.70. The fourth-order valence-electron chi connectivity index (χ4n) is 3.36. The Kier molecular flexibility index (Phi) is 4.06. The number of nitrogens with one attached hydrogen (secondary N) is 2. The van der Waals surface area contributed by atoms with Gasteiger partial charge in [0.05, 0.1) is 5.02 Å². The minimum atomic E-state index is -0.393. The topological polar surface area (TPSA) is 54.0 Å². The van der Waals surface area contributed by atoms with Gasteiger partial charge in [-0.2, -0.15) is 0 Å². The van der Waals surface area contributed by atoms with E-state index < -0.39 is 6.04 Å². The van der Waals surface area contributed by atoms with Crippen LogP contribution in [-0.4, -0.2) is 16.9 Å². The second-order valence-electron chi connectivity index (χ2n) is 6.33. The number of anilines is 2. The third-order valence-electron chi connectivity index (χ3n) is 4.62. The van der Waals surface area contributed by atoms with Crippen LogP contribution in [0.5, 0.6) is 0 Å². The molecule has 3 aromatic rings. The average Bonchev–Trinajstić information content (AvgIpc) is 3.04. The number of nitrogens with zero attached hydrogens (tertiary/aromatic N) is 1. The molecule has 4 nitrogen and oxygen atoms in total. The number of benzene rings is 2. The number of carbonyl (C=O) groups excluding carboxylic acids is 1. The molecule has 25 heavy (non-hydrogen) atoms. The van der Waals surface area contributed by atoms with E-state index in [9.17, 15) is 4.79 Å². The quantitative estimate of drug-likeness (QED) is 0.731. The van der Waals surface area contributed by atoms with Crippen molar-refractivity contribution in [2.45, 2.75) is 25.8 Å². The lowest BCUT2D eigenvalue weighted by molar-refractivity contribution is -0.116. The minimum absolute atomic E-state index is 0.141. The Morgan fingerprint density at radius 1 is 1.12 bits per heavy atom. The molecule has 126 valence electrons. The van der Waals surface area contributed by atoms with Crippen LogP contribution in [0.3, 0.4) is 0 Å². The molecular weight excluding hydrogens is 334 g/mol. The van der Waals surface area contributed by atoms with E-state index in [-0.39, 0.29) is 5.91 Å². The second-order valence-corrected chi connectivity index (χ2v) is 6.77. The van der Waals surface area contributed by atoms with Gasteiger partial charge in [-0.25, -0.2) is 4.98 Å². The smallest absolute Gasteiger partial charge is 0.247 e. The van der Waals surface area contributed by atoms with Crippen molar-refractivity contribution in [1.82, 2.24) is 4.98 Å². The van der Waals surface area contributed by atoms with Gasteiger partial charge in [-0.15, -0.1) is 0 Å². The van der Waals surface area contributed by atoms with Crippen molar-refractivity contribution in [2.75, 3.05) is 10.6 Å². The summed E-state index contributed by atoms with van der Waals surface area (Å²) in [5.41, 5.74) is 3.76. The summed E-state index contributed by atoms with van der Waals surface area (Å²) in [6, 6.07) is 13.6. The average molecular weight is 352 g/mol. The molecule has 5 heteroatoms. The van der Waals surface area contributed by atoms with Gasteiger partial charge >= 0.3 is 0 Å². The number of hydrogen-bond donors (Lipinski definition) is 2. The molecule has 0 aliphatic heterocycles. The molecule has 1 aliphatic carbocycles. The Morgan fingerprint density at radius 3 is 2.68 bits per heavy atom. The first-order valence-electron chi connectivity index (χ1n) is 8.34. The maximum atomic E-state index is 12.4. The van der Waals surface area contributed by atoms with Crippen molar-refractivity contribution in [2.24, 2.45) is 0 Å². The van der Waals surface area contributed by atoms with E-state index in [0.29, 0.717) is 10.8 Å². The molecule has 1 heterocycles. The number of halogens is 1. The van der Waals surface area contributed by atoms with Crippen LogP contribution < -0.4 is 10.6 Å². The molecule has 0 radical (unpaired) electrons. The molecule has 0 bridgehead atoms. The monoisotopic (exact) mass is 351 g/mol. The number of aromatic nitrogens is 1. The van der Waals surface area contributed by atoms with E-state index in [1.807, 2.05) is 6.92 Å². The first-order chi connectivity index (χ1) is 12.1. The normalized spacial score (nSPS) is 13.7. The first kappa shape index (κ1) is 15.9.